The Labute approximate surface area is 166 Å². The van der Waals surface area contributed by atoms with Crippen LogP contribution in [0.2, 0.25) is 0 Å². The van der Waals surface area contributed by atoms with Crippen LogP contribution >= 0.6 is 0 Å². The Balaban J connectivity index is 1.94. The fourth-order valence-electron chi connectivity index (χ4n) is 3.41. The summed E-state index contributed by atoms with van der Waals surface area (Å²) < 4.78 is 6.54. The van der Waals surface area contributed by atoms with Gasteiger partial charge in [-0.3, -0.25) is 0 Å². The van der Waals surface area contributed by atoms with E-state index in [-0.39, 0.29) is 0 Å². The minimum Gasteiger partial charge on any atom is -0.401 e. The summed E-state index contributed by atoms with van der Waals surface area (Å²) in [6.07, 6.45) is 13.7. The summed E-state index contributed by atoms with van der Waals surface area (Å²) in [5.41, 5.74) is 2.05. The summed E-state index contributed by atoms with van der Waals surface area (Å²) in [5.74, 6) is 0. The maximum absolute atomic E-state index is 6.54. The van der Waals surface area contributed by atoms with E-state index >= 15 is 0 Å². The average molecular weight is 379 g/mol. The van der Waals surface area contributed by atoms with Crippen LogP contribution in [0.15, 0.2) is 85.1 Å². The van der Waals surface area contributed by atoms with E-state index in [4.69, 9.17) is 4.43 Å². The third-order valence-electron chi connectivity index (χ3n) is 4.99. The summed E-state index contributed by atoms with van der Waals surface area (Å²) in [7, 11) is -2.40. The van der Waals surface area contributed by atoms with Gasteiger partial charge in [0.15, 0.2) is 0 Å². The minimum atomic E-state index is -2.40. The van der Waals surface area contributed by atoms with Crippen molar-refractivity contribution in [3.05, 3.63) is 85.1 Å². The second kappa shape index (κ2) is 12.5. The first-order valence-corrected chi connectivity index (χ1v) is 12.4. The van der Waals surface area contributed by atoms with Gasteiger partial charge < -0.3 is 4.43 Å². The molecule has 0 radical (unpaired) electrons. The van der Waals surface area contributed by atoms with Gasteiger partial charge in [-0.15, -0.1) is 6.58 Å². The minimum absolute atomic E-state index is 0.637. The van der Waals surface area contributed by atoms with Gasteiger partial charge in [0, 0.05) is 0 Å². The second-order valence-corrected chi connectivity index (χ2v) is 10.3. The third kappa shape index (κ3) is 6.64. The number of unbranched alkanes of at least 4 members (excludes halogenated alkanes) is 6. The van der Waals surface area contributed by atoms with Gasteiger partial charge in [-0.05, 0) is 23.2 Å². The quantitative estimate of drug-likeness (QED) is 0.243. The molecule has 2 heteroatoms. The molecular formula is C25H34OSi. The first-order valence-electron chi connectivity index (χ1n) is 10.4. The van der Waals surface area contributed by atoms with Crippen molar-refractivity contribution in [1.29, 1.82) is 0 Å². The van der Waals surface area contributed by atoms with Crippen molar-refractivity contribution in [2.24, 2.45) is 0 Å². The van der Waals surface area contributed by atoms with Crippen LogP contribution in [-0.2, 0) is 4.43 Å². The van der Waals surface area contributed by atoms with Crippen LogP contribution in [0.5, 0.6) is 0 Å². The molecule has 0 spiro atoms. The topological polar surface area (TPSA) is 9.23 Å². The van der Waals surface area contributed by atoms with Crippen molar-refractivity contribution in [3.63, 3.8) is 0 Å². The molecule has 1 nitrogen and oxygen atoms in total. The maximum atomic E-state index is 6.54. The summed E-state index contributed by atoms with van der Waals surface area (Å²) in [4.78, 5) is 0. The zero-order chi connectivity index (χ0) is 19.2. The highest BCUT2D eigenvalue weighted by atomic mass is 28.4. The van der Waals surface area contributed by atoms with Gasteiger partial charge in [0.25, 0.3) is 8.32 Å². The molecule has 2 aromatic rings. The summed E-state index contributed by atoms with van der Waals surface area (Å²) in [6, 6.07) is 21.1. The lowest BCUT2D eigenvalue weighted by Gasteiger charge is -2.28. The lowest BCUT2D eigenvalue weighted by molar-refractivity contribution is 0.370. The Hall–Kier alpha value is -1.90. The van der Waals surface area contributed by atoms with E-state index in [9.17, 15) is 0 Å². The molecule has 0 saturated carbocycles. The smallest absolute Gasteiger partial charge is 0.280 e. The number of rotatable bonds is 13. The van der Waals surface area contributed by atoms with Crippen LogP contribution in [0.1, 0.15) is 51.9 Å². The van der Waals surface area contributed by atoms with Crippen molar-refractivity contribution in [2.75, 3.05) is 6.61 Å². The van der Waals surface area contributed by atoms with Gasteiger partial charge in [-0.1, -0.05) is 118 Å². The van der Waals surface area contributed by atoms with Gasteiger partial charge >= 0.3 is 0 Å². The predicted molar refractivity (Wildman–Crippen MR) is 121 cm³/mol. The largest absolute Gasteiger partial charge is 0.401 e. The summed E-state index contributed by atoms with van der Waals surface area (Å²) in [5, 5.41) is 2.49. The van der Waals surface area contributed by atoms with E-state index in [1.165, 1.54) is 48.9 Å². The Morgan fingerprint density at radius 2 is 1.33 bits per heavy atom. The number of allylic oxidation sites excluding steroid dienone is 1. The van der Waals surface area contributed by atoms with Crippen molar-refractivity contribution in [1.82, 2.24) is 0 Å². The van der Waals surface area contributed by atoms with E-state index in [2.05, 4.69) is 92.0 Å². The Morgan fingerprint density at radius 3 is 1.89 bits per heavy atom. The SMILES string of the molecule is C=C[Si](OC/C=C/CCCCCCCC)(c1ccccc1)c1ccccc1. The highest BCUT2D eigenvalue weighted by Crippen LogP contribution is 2.10. The summed E-state index contributed by atoms with van der Waals surface area (Å²) in [6.45, 7) is 7.06. The average Bonchev–Trinajstić information content (AvgIpc) is 2.74. The monoisotopic (exact) mass is 378 g/mol. The predicted octanol–water partition coefficient (Wildman–Crippen LogP) is 5.79. The van der Waals surface area contributed by atoms with Crippen molar-refractivity contribution in [2.45, 2.75) is 51.9 Å². The van der Waals surface area contributed by atoms with E-state index in [1.54, 1.807) is 0 Å². The molecule has 0 saturated heterocycles. The zero-order valence-electron chi connectivity index (χ0n) is 16.8. The van der Waals surface area contributed by atoms with Crippen LogP contribution in [0.4, 0.5) is 0 Å². The highest BCUT2D eigenvalue weighted by Gasteiger charge is 2.36. The molecule has 0 unspecified atom stereocenters. The van der Waals surface area contributed by atoms with Crippen LogP contribution in [0, 0.1) is 0 Å². The third-order valence-corrected chi connectivity index (χ3v) is 8.57. The molecule has 0 amide bonds. The highest BCUT2D eigenvalue weighted by molar-refractivity contribution is 7.01. The van der Waals surface area contributed by atoms with Crippen LogP contribution in [-0.4, -0.2) is 14.9 Å². The summed E-state index contributed by atoms with van der Waals surface area (Å²) >= 11 is 0. The lowest BCUT2D eigenvalue weighted by Crippen LogP contribution is -2.59. The standard InChI is InChI=1S/C25H34OSi/c1-3-5-6-7-8-9-10-11-18-23-26-27(4-2,24-19-14-12-15-20-24)25-21-16-13-17-22-25/h4,11-22H,2-3,5-10,23H2,1H3/b18-11+. The van der Waals surface area contributed by atoms with Gasteiger partial charge in [-0.25, -0.2) is 0 Å². The van der Waals surface area contributed by atoms with Gasteiger partial charge in [0.2, 0.25) is 0 Å². The lowest BCUT2D eigenvalue weighted by atomic mass is 10.1. The first-order chi connectivity index (χ1) is 13.3. The molecule has 0 aliphatic heterocycles. The van der Waals surface area contributed by atoms with E-state index in [1.807, 2.05) is 0 Å². The van der Waals surface area contributed by atoms with Gasteiger partial charge in [-0.2, -0.15) is 0 Å². The fraction of sp³-hybridized carbons (Fsp3) is 0.360. The Bertz CT molecular complexity index is 624. The molecule has 0 aliphatic rings. The normalized spacial score (nSPS) is 11.7. The van der Waals surface area contributed by atoms with Crippen molar-refractivity contribution in [3.8, 4) is 0 Å². The number of benzene rings is 2. The van der Waals surface area contributed by atoms with Crippen molar-refractivity contribution >= 4 is 18.7 Å². The molecule has 0 N–H and O–H groups in total. The van der Waals surface area contributed by atoms with Gasteiger partial charge in [0.05, 0.1) is 6.61 Å². The fourth-order valence-corrected chi connectivity index (χ4v) is 6.40. The molecule has 0 atom stereocenters. The molecular weight excluding hydrogens is 344 g/mol. The molecule has 0 fully saturated rings. The van der Waals surface area contributed by atoms with Gasteiger partial charge in [0.1, 0.15) is 0 Å². The molecule has 144 valence electrons. The van der Waals surface area contributed by atoms with E-state index < -0.39 is 8.32 Å². The zero-order valence-corrected chi connectivity index (χ0v) is 17.8. The molecule has 0 heterocycles. The van der Waals surface area contributed by atoms with Crippen molar-refractivity contribution < 1.29 is 4.43 Å². The molecule has 0 aromatic heterocycles. The van der Waals surface area contributed by atoms with Crippen LogP contribution < -0.4 is 10.4 Å². The second-order valence-electron chi connectivity index (χ2n) is 7.01. The Morgan fingerprint density at radius 1 is 0.778 bits per heavy atom. The first kappa shape index (κ1) is 21.4. The maximum Gasteiger partial charge on any atom is 0.280 e. The number of hydrogen-bond donors (Lipinski definition) is 0. The number of hydrogen-bond acceptors (Lipinski definition) is 1. The van der Waals surface area contributed by atoms with E-state index in [0.717, 1.165) is 6.42 Å². The van der Waals surface area contributed by atoms with E-state index in [0.29, 0.717) is 6.61 Å². The Kier molecular flexibility index (Phi) is 9.89. The van der Waals surface area contributed by atoms with Crippen LogP contribution in [0.25, 0.3) is 0 Å². The van der Waals surface area contributed by atoms with Crippen LogP contribution in [0.3, 0.4) is 0 Å². The molecule has 2 rings (SSSR count). The molecule has 0 aliphatic carbocycles. The molecule has 27 heavy (non-hydrogen) atoms. The molecule has 0 bridgehead atoms. The molecule has 2 aromatic carbocycles.